The lowest BCUT2D eigenvalue weighted by molar-refractivity contribution is -0.146. The first kappa shape index (κ1) is 23.6. The molecule has 0 aliphatic carbocycles. The summed E-state index contributed by atoms with van der Waals surface area (Å²) in [6, 6.07) is 11.4. The number of hydrogen-bond donors (Lipinski definition) is 2. The number of benzene rings is 2. The van der Waals surface area contributed by atoms with Crippen LogP contribution in [0.4, 0.5) is 0 Å². The Morgan fingerprint density at radius 3 is 2.52 bits per heavy atom. The van der Waals surface area contributed by atoms with Crippen molar-refractivity contribution >= 4 is 45.3 Å². The Kier molecular flexibility index (Phi) is 7.28. The highest BCUT2D eigenvalue weighted by Crippen LogP contribution is 2.31. The lowest BCUT2D eigenvalue weighted by Crippen LogP contribution is -2.49. The maximum Gasteiger partial charge on any atom is 0.323 e. The second-order valence-corrected chi connectivity index (χ2v) is 10.9. The number of hydrogen-bond acceptors (Lipinski definition) is 5. The molecular weight excluding hydrogens is 436 g/mol. The molecule has 1 N–H and O–H groups in total. The maximum absolute atomic E-state index is 13.5. The van der Waals surface area contributed by atoms with Crippen LogP contribution in [0.1, 0.15) is 26.7 Å². The first-order valence-electron chi connectivity index (χ1n) is 10.3. The van der Waals surface area contributed by atoms with Crippen molar-refractivity contribution < 1.29 is 23.1 Å². The zero-order chi connectivity index (χ0) is 22.8. The molecule has 168 valence electrons. The summed E-state index contributed by atoms with van der Waals surface area (Å²) in [5, 5.41) is 10.7. The van der Waals surface area contributed by atoms with Crippen molar-refractivity contribution in [2.45, 2.75) is 42.9 Å². The molecule has 1 heterocycles. The fraction of sp³-hybridized carbons (Fsp3) is 0.455. The lowest BCUT2D eigenvalue weighted by Gasteiger charge is -2.29. The van der Waals surface area contributed by atoms with E-state index in [0.29, 0.717) is 6.42 Å². The van der Waals surface area contributed by atoms with Gasteiger partial charge in [-0.1, -0.05) is 44.2 Å². The van der Waals surface area contributed by atoms with Gasteiger partial charge in [-0.25, -0.2) is 8.42 Å². The molecule has 1 fully saturated rings. The van der Waals surface area contributed by atoms with Gasteiger partial charge in [-0.15, -0.1) is 0 Å². The molecule has 0 aromatic heterocycles. The largest absolute Gasteiger partial charge is 0.480 e. The van der Waals surface area contributed by atoms with Gasteiger partial charge in [0.15, 0.2) is 0 Å². The number of aliphatic carboxylic acids is 1. The molecule has 0 spiro atoms. The van der Waals surface area contributed by atoms with E-state index in [0.717, 1.165) is 10.8 Å². The molecule has 31 heavy (non-hydrogen) atoms. The fourth-order valence-electron chi connectivity index (χ4n) is 3.79. The number of carboxylic acids is 1. The first-order valence-corrected chi connectivity index (χ1v) is 12.2. The van der Waals surface area contributed by atoms with Gasteiger partial charge in [-0.2, -0.15) is 16.9 Å². The molecule has 3 rings (SSSR count). The van der Waals surface area contributed by atoms with Crippen molar-refractivity contribution in [1.29, 1.82) is 0 Å². The summed E-state index contributed by atoms with van der Waals surface area (Å²) < 4.78 is 28.1. The van der Waals surface area contributed by atoms with Crippen molar-refractivity contribution in [3.8, 4) is 0 Å². The molecule has 1 aliphatic heterocycles. The second-order valence-electron chi connectivity index (χ2n) is 8.33. The summed E-state index contributed by atoms with van der Waals surface area (Å²) >= 11 is 4.44. The molecule has 2 aromatic carbocycles. The maximum atomic E-state index is 13.5. The number of thiol groups is 1. The molecule has 2 atom stereocenters. The molecule has 1 amide bonds. The predicted octanol–water partition coefficient (Wildman–Crippen LogP) is 2.86. The Balaban J connectivity index is 1.92. The van der Waals surface area contributed by atoms with Gasteiger partial charge in [0.1, 0.15) is 12.6 Å². The van der Waals surface area contributed by atoms with E-state index < -0.39 is 34.5 Å². The number of carbonyl (C=O) groups is 2. The Morgan fingerprint density at radius 2 is 1.87 bits per heavy atom. The molecular formula is C22H28N2O5S2. The third-order valence-corrected chi connectivity index (χ3v) is 7.71. The van der Waals surface area contributed by atoms with E-state index in [4.69, 9.17) is 0 Å². The zero-order valence-corrected chi connectivity index (χ0v) is 19.4. The van der Waals surface area contributed by atoms with Crippen LogP contribution in [0.2, 0.25) is 0 Å². The SMILES string of the molecule is CC(C)CCN(CC(=O)O)C(=O)[C@@H]1C[C@@H](S)CN1S(=O)(=O)c1ccc2ccccc2c1. The van der Waals surface area contributed by atoms with Crippen LogP contribution in [0.3, 0.4) is 0 Å². The Bertz CT molecular complexity index is 1070. The van der Waals surface area contributed by atoms with Gasteiger partial charge in [0.2, 0.25) is 15.9 Å². The van der Waals surface area contributed by atoms with Crippen LogP contribution >= 0.6 is 12.6 Å². The lowest BCUT2D eigenvalue weighted by atomic mass is 10.1. The zero-order valence-electron chi connectivity index (χ0n) is 17.6. The molecule has 7 nitrogen and oxygen atoms in total. The summed E-state index contributed by atoms with van der Waals surface area (Å²) in [5.41, 5.74) is 0. The van der Waals surface area contributed by atoms with Crippen molar-refractivity contribution in [1.82, 2.24) is 9.21 Å². The van der Waals surface area contributed by atoms with E-state index in [1.165, 1.54) is 9.21 Å². The van der Waals surface area contributed by atoms with Gasteiger partial charge in [0, 0.05) is 18.3 Å². The number of fused-ring (bicyclic) bond motifs is 1. The van der Waals surface area contributed by atoms with E-state index in [1.807, 2.05) is 38.1 Å². The monoisotopic (exact) mass is 464 g/mol. The average molecular weight is 465 g/mol. The summed E-state index contributed by atoms with van der Waals surface area (Å²) in [6.45, 7) is 3.88. The average Bonchev–Trinajstić information content (AvgIpc) is 3.12. The minimum atomic E-state index is -3.96. The minimum Gasteiger partial charge on any atom is -0.480 e. The number of amides is 1. The Labute approximate surface area is 188 Å². The van der Waals surface area contributed by atoms with Crippen LogP contribution in [0, 0.1) is 5.92 Å². The van der Waals surface area contributed by atoms with Gasteiger partial charge in [0.05, 0.1) is 4.90 Å². The van der Waals surface area contributed by atoms with Crippen LogP contribution in [-0.4, -0.2) is 65.5 Å². The fourth-order valence-corrected chi connectivity index (χ4v) is 5.95. The first-order chi connectivity index (χ1) is 14.6. The van der Waals surface area contributed by atoms with Crippen molar-refractivity contribution in [3.63, 3.8) is 0 Å². The summed E-state index contributed by atoms with van der Waals surface area (Å²) in [5.74, 6) is -1.33. The molecule has 9 heteroatoms. The highest BCUT2D eigenvalue weighted by molar-refractivity contribution is 7.89. The topological polar surface area (TPSA) is 95.0 Å². The quantitative estimate of drug-likeness (QED) is 0.586. The molecule has 0 unspecified atom stereocenters. The van der Waals surface area contributed by atoms with Gasteiger partial charge >= 0.3 is 5.97 Å². The van der Waals surface area contributed by atoms with Crippen LogP contribution in [-0.2, 0) is 19.6 Å². The summed E-state index contributed by atoms with van der Waals surface area (Å²) in [7, 11) is -3.96. The van der Waals surface area contributed by atoms with Crippen LogP contribution in [0.15, 0.2) is 47.4 Å². The van der Waals surface area contributed by atoms with Crippen LogP contribution < -0.4 is 0 Å². The van der Waals surface area contributed by atoms with Crippen molar-refractivity contribution in [3.05, 3.63) is 42.5 Å². The number of rotatable bonds is 8. The van der Waals surface area contributed by atoms with Gasteiger partial charge in [-0.05, 0) is 41.7 Å². The predicted molar refractivity (Wildman–Crippen MR) is 123 cm³/mol. The van der Waals surface area contributed by atoms with Crippen LogP contribution in [0.25, 0.3) is 10.8 Å². The number of carbonyl (C=O) groups excluding carboxylic acids is 1. The number of nitrogens with zero attached hydrogens (tertiary/aromatic N) is 2. The van der Waals surface area contributed by atoms with E-state index in [9.17, 15) is 23.1 Å². The normalized spacial score (nSPS) is 19.7. The molecule has 0 saturated carbocycles. The van der Waals surface area contributed by atoms with E-state index >= 15 is 0 Å². The van der Waals surface area contributed by atoms with Crippen molar-refractivity contribution in [2.24, 2.45) is 5.92 Å². The van der Waals surface area contributed by atoms with Gasteiger partial charge in [0.25, 0.3) is 0 Å². The standard InChI is InChI=1S/C22H28N2O5S2/c1-15(2)9-10-23(14-21(25)26)22(27)20-12-18(30)13-24(20)31(28,29)19-8-7-16-5-3-4-6-17(16)11-19/h3-8,11,15,18,20,30H,9-10,12-14H2,1-2H3,(H,25,26)/t18-,20+/m1/s1. The molecule has 0 bridgehead atoms. The van der Waals surface area contributed by atoms with Gasteiger partial charge in [-0.3, -0.25) is 9.59 Å². The molecule has 1 saturated heterocycles. The highest BCUT2D eigenvalue weighted by Gasteiger charge is 2.44. The van der Waals surface area contributed by atoms with Crippen molar-refractivity contribution in [2.75, 3.05) is 19.6 Å². The third-order valence-electron chi connectivity index (χ3n) is 5.46. The number of carboxylic acid groups (broad SMARTS) is 1. The Morgan fingerprint density at radius 1 is 1.19 bits per heavy atom. The molecule has 2 aromatic rings. The minimum absolute atomic E-state index is 0.0970. The molecule has 1 aliphatic rings. The van der Waals surface area contributed by atoms with Gasteiger partial charge < -0.3 is 10.0 Å². The van der Waals surface area contributed by atoms with Crippen LogP contribution in [0.5, 0.6) is 0 Å². The smallest absolute Gasteiger partial charge is 0.323 e. The Hall–Kier alpha value is -2.10. The molecule has 0 radical (unpaired) electrons. The number of sulfonamides is 1. The van der Waals surface area contributed by atoms with E-state index in [2.05, 4.69) is 12.6 Å². The highest BCUT2D eigenvalue weighted by atomic mass is 32.2. The van der Waals surface area contributed by atoms with E-state index in [1.54, 1.807) is 18.2 Å². The van der Waals surface area contributed by atoms with E-state index in [-0.39, 0.29) is 35.6 Å². The summed E-state index contributed by atoms with van der Waals surface area (Å²) in [4.78, 5) is 25.9. The second kappa shape index (κ2) is 9.58. The summed E-state index contributed by atoms with van der Waals surface area (Å²) in [6.07, 6.45) is 0.875. The third kappa shape index (κ3) is 5.39.